The zero-order chi connectivity index (χ0) is 10.5. The topological polar surface area (TPSA) is 12.9 Å². The predicted molar refractivity (Wildman–Crippen MR) is 68.0 cm³/mol. The van der Waals surface area contributed by atoms with Gasteiger partial charge in [0, 0.05) is 11.9 Å². The molecule has 1 aliphatic rings. The Labute approximate surface area is 94.9 Å². The number of aryl methyl sites for hydroxylation is 1. The lowest BCUT2D eigenvalue weighted by Gasteiger charge is -2.28. The normalized spacial score (nSPS) is 26.5. The van der Waals surface area contributed by atoms with E-state index in [2.05, 4.69) is 26.4 Å². The van der Waals surface area contributed by atoms with Gasteiger partial charge in [-0.1, -0.05) is 18.9 Å². The van der Waals surface area contributed by atoms with Crippen molar-refractivity contribution in [3.63, 3.8) is 0 Å². The Bertz CT molecular complexity index is 286. The molecule has 1 aliphatic carbocycles. The molecule has 3 unspecified atom stereocenters. The van der Waals surface area contributed by atoms with Crippen LogP contribution in [0.15, 0.2) is 24.4 Å². The van der Waals surface area contributed by atoms with Crippen LogP contribution in [0.1, 0.15) is 37.8 Å². The van der Waals surface area contributed by atoms with E-state index < -0.39 is 0 Å². The van der Waals surface area contributed by atoms with Crippen molar-refractivity contribution >= 4 is 9.24 Å². The van der Waals surface area contributed by atoms with E-state index >= 15 is 0 Å². The Balaban J connectivity index is 1.82. The maximum absolute atomic E-state index is 4.38. The van der Waals surface area contributed by atoms with Gasteiger partial charge in [0.05, 0.1) is 0 Å². The number of nitrogens with zero attached hydrogens (tertiary/aromatic N) is 1. The van der Waals surface area contributed by atoms with Crippen LogP contribution < -0.4 is 0 Å². The smallest absolute Gasteiger partial charge is 0.0403 e. The average Bonchev–Trinajstić information content (AvgIpc) is 2.29. The van der Waals surface area contributed by atoms with Gasteiger partial charge < -0.3 is 0 Å². The summed E-state index contributed by atoms with van der Waals surface area (Å²) < 4.78 is 0. The van der Waals surface area contributed by atoms with Crippen molar-refractivity contribution in [2.75, 3.05) is 0 Å². The van der Waals surface area contributed by atoms with Gasteiger partial charge in [-0.15, -0.1) is 9.24 Å². The zero-order valence-electron chi connectivity index (χ0n) is 9.23. The molecule has 1 nitrogen and oxygen atoms in total. The first-order chi connectivity index (χ1) is 7.36. The van der Waals surface area contributed by atoms with Crippen molar-refractivity contribution < 1.29 is 0 Å². The van der Waals surface area contributed by atoms with Crippen molar-refractivity contribution in [1.29, 1.82) is 0 Å². The van der Waals surface area contributed by atoms with Gasteiger partial charge in [-0.25, -0.2) is 0 Å². The summed E-state index contributed by atoms with van der Waals surface area (Å²) in [6, 6.07) is 6.21. The predicted octanol–water partition coefficient (Wildman–Crippen LogP) is 3.45. The SMILES string of the molecule is PC1CCCCC1CCc1ccccn1. The van der Waals surface area contributed by atoms with E-state index in [0.29, 0.717) is 0 Å². The molecule has 1 aromatic rings. The van der Waals surface area contributed by atoms with E-state index in [1.807, 2.05) is 12.3 Å². The van der Waals surface area contributed by atoms with Crippen LogP contribution in [0.3, 0.4) is 0 Å². The molecule has 2 rings (SSSR count). The molecule has 0 spiro atoms. The third kappa shape index (κ3) is 3.28. The number of hydrogen-bond donors (Lipinski definition) is 0. The lowest BCUT2D eigenvalue weighted by molar-refractivity contribution is 0.349. The summed E-state index contributed by atoms with van der Waals surface area (Å²) in [5.74, 6) is 0.908. The summed E-state index contributed by atoms with van der Waals surface area (Å²) in [6.45, 7) is 0. The summed E-state index contributed by atoms with van der Waals surface area (Å²) in [5, 5.41) is 0. The van der Waals surface area contributed by atoms with Crippen LogP contribution >= 0.6 is 9.24 Å². The minimum absolute atomic E-state index is 0.850. The van der Waals surface area contributed by atoms with Gasteiger partial charge in [-0.05, 0) is 49.4 Å². The first-order valence-corrected chi connectivity index (χ1v) is 6.68. The van der Waals surface area contributed by atoms with Crippen molar-refractivity contribution in [1.82, 2.24) is 4.98 Å². The average molecular weight is 221 g/mol. The maximum atomic E-state index is 4.38. The van der Waals surface area contributed by atoms with Crippen molar-refractivity contribution in [2.24, 2.45) is 5.92 Å². The van der Waals surface area contributed by atoms with Gasteiger partial charge in [0.1, 0.15) is 0 Å². The van der Waals surface area contributed by atoms with E-state index in [0.717, 1.165) is 18.0 Å². The monoisotopic (exact) mass is 221 g/mol. The fraction of sp³-hybridized carbons (Fsp3) is 0.615. The number of pyridine rings is 1. The highest BCUT2D eigenvalue weighted by Gasteiger charge is 2.20. The van der Waals surface area contributed by atoms with Crippen LogP contribution in [0, 0.1) is 5.92 Å². The van der Waals surface area contributed by atoms with Gasteiger partial charge >= 0.3 is 0 Å². The Morgan fingerprint density at radius 2 is 2.13 bits per heavy atom. The molecule has 1 heterocycles. The molecule has 0 aromatic carbocycles. The van der Waals surface area contributed by atoms with Crippen molar-refractivity contribution in [2.45, 2.75) is 44.2 Å². The summed E-state index contributed by atoms with van der Waals surface area (Å²) in [5.41, 5.74) is 2.10. The Morgan fingerprint density at radius 1 is 1.27 bits per heavy atom. The second kappa shape index (κ2) is 5.61. The molecule has 1 fully saturated rings. The summed E-state index contributed by atoms with van der Waals surface area (Å²) in [7, 11) is 3.04. The molecule has 1 saturated carbocycles. The zero-order valence-corrected chi connectivity index (χ0v) is 10.4. The molecule has 0 amide bonds. The fourth-order valence-electron chi connectivity index (χ4n) is 2.47. The van der Waals surface area contributed by atoms with Gasteiger partial charge in [-0.2, -0.15) is 0 Å². The van der Waals surface area contributed by atoms with E-state index in [9.17, 15) is 0 Å². The van der Waals surface area contributed by atoms with Crippen LogP contribution in [-0.4, -0.2) is 10.6 Å². The number of rotatable bonds is 3. The molecule has 1 aromatic heterocycles. The molecular weight excluding hydrogens is 201 g/mol. The molecule has 0 bridgehead atoms. The fourth-order valence-corrected chi connectivity index (χ4v) is 3.09. The molecule has 0 N–H and O–H groups in total. The largest absolute Gasteiger partial charge is 0.261 e. The lowest BCUT2D eigenvalue weighted by Crippen LogP contribution is -2.19. The van der Waals surface area contributed by atoms with E-state index in [-0.39, 0.29) is 0 Å². The van der Waals surface area contributed by atoms with Gasteiger partial charge in [0.2, 0.25) is 0 Å². The third-order valence-electron chi connectivity index (χ3n) is 3.47. The Kier molecular flexibility index (Phi) is 4.14. The van der Waals surface area contributed by atoms with Gasteiger partial charge in [0.15, 0.2) is 0 Å². The van der Waals surface area contributed by atoms with Crippen LogP contribution in [0.2, 0.25) is 0 Å². The highest BCUT2D eigenvalue weighted by molar-refractivity contribution is 7.17. The molecule has 0 saturated heterocycles. The summed E-state index contributed by atoms with van der Waals surface area (Å²) >= 11 is 0. The Hall–Kier alpha value is -0.420. The second-order valence-electron chi connectivity index (χ2n) is 4.57. The van der Waals surface area contributed by atoms with Gasteiger partial charge in [0.25, 0.3) is 0 Å². The summed E-state index contributed by atoms with van der Waals surface area (Å²) in [6.07, 6.45) is 10.0. The first kappa shape index (κ1) is 11.1. The molecule has 15 heavy (non-hydrogen) atoms. The highest BCUT2D eigenvalue weighted by atomic mass is 31.0. The Morgan fingerprint density at radius 3 is 2.87 bits per heavy atom. The molecular formula is C13H20NP. The standard InChI is InChI=1S/C13H20NP/c15-13-7-2-1-5-11(13)8-9-12-6-3-4-10-14-12/h3-4,6,10-11,13H,1-2,5,7-9,15H2. The van der Waals surface area contributed by atoms with Crippen LogP contribution in [0.4, 0.5) is 0 Å². The quantitative estimate of drug-likeness (QED) is 0.712. The molecule has 0 aliphatic heterocycles. The molecule has 3 atom stereocenters. The third-order valence-corrected chi connectivity index (χ3v) is 4.34. The van der Waals surface area contributed by atoms with E-state index in [1.54, 1.807) is 0 Å². The highest BCUT2D eigenvalue weighted by Crippen LogP contribution is 2.32. The second-order valence-corrected chi connectivity index (χ2v) is 5.42. The molecule has 82 valence electrons. The minimum atomic E-state index is 0.850. The lowest BCUT2D eigenvalue weighted by atomic mass is 9.85. The molecule has 2 heteroatoms. The van der Waals surface area contributed by atoms with Gasteiger partial charge in [-0.3, -0.25) is 4.98 Å². The number of aromatic nitrogens is 1. The number of hydrogen-bond acceptors (Lipinski definition) is 1. The van der Waals surface area contributed by atoms with Crippen LogP contribution in [0.5, 0.6) is 0 Å². The van der Waals surface area contributed by atoms with Crippen LogP contribution in [-0.2, 0) is 6.42 Å². The maximum Gasteiger partial charge on any atom is 0.0403 e. The van der Waals surface area contributed by atoms with Crippen LogP contribution in [0.25, 0.3) is 0 Å². The first-order valence-electron chi connectivity index (χ1n) is 6.02. The molecule has 0 radical (unpaired) electrons. The van der Waals surface area contributed by atoms with Crippen molar-refractivity contribution in [3.8, 4) is 0 Å². The summed E-state index contributed by atoms with van der Waals surface area (Å²) in [4.78, 5) is 4.38. The van der Waals surface area contributed by atoms with E-state index in [1.165, 1.54) is 37.8 Å². The van der Waals surface area contributed by atoms with Crippen molar-refractivity contribution in [3.05, 3.63) is 30.1 Å². The minimum Gasteiger partial charge on any atom is -0.261 e. The van der Waals surface area contributed by atoms with E-state index in [4.69, 9.17) is 0 Å².